The Morgan fingerprint density at radius 2 is 2.11 bits per heavy atom. The summed E-state index contributed by atoms with van der Waals surface area (Å²) in [5.74, 6) is 0. The Morgan fingerprint density at radius 3 is 2.68 bits per heavy atom. The highest BCUT2D eigenvalue weighted by atomic mass is 16.6. The molecule has 1 aromatic rings. The maximum absolute atomic E-state index is 10.9. The molecule has 104 valence electrons. The monoisotopic (exact) mass is 264 g/mol. The molecule has 0 bridgehead atoms. The second kappa shape index (κ2) is 6.02. The number of non-ortho nitro benzene ring substituents is 1. The third-order valence-corrected chi connectivity index (χ3v) is 3.82. The van der Waals surface area contributed by atoms with Gasteiger partial charge in [0.2, 0.25) is 0 Å². The number of hydrogen-bond acceptors (Lipinski definition) is 4. The molecule has 1 aliphatic carbocycles. The van der Waals surface area contributed by atoms with E-state index in [0.717, 1.165) is 24.1 Å². The van der Waals surface area contributed by atoms with Crippen molar-refractivity contribution in [3.05, 3.63) is 33.9 Å². The van der Waals surface area contributed by atoms with Crippen LogP contribution in [0.5, 0.6) is 0 Å². The molecule has 0 saturated heterocycles. The van der Waals surface area contributed by atoms with Gasteiger partial charge < -0.3 is 10.0 Å². The van der Waals surface area contributed by atoms with Crippen LogP contribution in [-0.4, -0.2) is 29.2 Å². The van der Waals surface area contributed by atoms with Crippen LogP contribution in [0.25, 0.3) is 0 Å². The lowest BCUT2D eigenvalue weighted by molar-refractivity contribution is -0.384. The molecule has 0 aromatic heterocycles. The van der Waals surface area contributed by atoms with Crippen molar-refractivity contribution in [2.45, 2.75) is 38.6 Å². The van der Waals surface area contributed by atoms with E-state index in [9.17, 15) is 15.2 Å². The molecular weight excluding hydrogens is 244 g/mol. The molecule has 19 heavy (non-hydrogen) atoms. The SMILES string of the molecule is Cc1ccc([N+](=O)[O-])cc1N(CCO)C1CCCC1. The largest absolute Gasteiger partial charge is 0.395 e. The van der Waals surface area contributed by atoms with E-state index < -0.39 is 0 Å². The molecular formula is C14H20N2O3. The Balaban J connectivity index is 2.34. The van der Waals surface area contributed by atoms with E-state index in [4.69, 9.17) is 0 Å². The molecule has 0 atom stereocenters. The lowest BCUT2D eigenvalue weighted by Crippen LogP contribution is -2.36. The smallest absolute Gasteiger partial charge is 0.271 e. The molecule has 1 aliphatic rings. The molecule has 0 heterocycles. The molecule has 0 radical (unpaired) electrons. The molecule has 0 aliphatic heterocycles. The standard InChI is InChI=1S/C14H20N2O3/c1-11-6-7-13(16(18)19)10-14(11)15(8-9-17)12-4-2-3-5-12/h6-7,10,12,17H,2-5,8-9H2,1H3. The van der Waals surface area contributed by atoms with Gasteiger partial charge in [0.1, 0.15) is 0 Å². The minimum atomic E-state index is -0.366. The van der Waals surface area contributed by atoms with E-state index >= 15 is 0 Å². The number of aryl methyl sites for hydroxylation is 1. The highest BCUT2D eigenvalue weighted by molar-refractivity contribution is 5.59. The molecule has 1 saturated carbocycles. The van der Waals surface area contributed by atoms with E-state index in [1.807, 2.05) is 6.92 Å². The summed E-state index contributed by atoms with van der Waals surface area (Å²) in [4.78, 5) is 12.7. The van der Waals surface area contributed by atoms with E-state index in [0.29, 0.717) is 12.6 Å². The minimum Gasteiger partial charge on any atom is -0.395 e. The number of anilines is 1. The zero-order valence-corrected chi connectivity index (χ0v) is 11.2. The van der Waals surface area contributed by atoms with Gasteiger partial charge in [0, 0.05) is 30.4 Å². The Hall–Kier alpha value is -1.62. The van der Waals surface area contributed by atoms with E-state index in [2.05, 4.69) is 4.90 Å². The fourth-order valence-electron chi connectivity index (χ4n) is 2.84. The summed E-state index contributed by atoms with van der Waals surface area (Å²) in [6.45, 7) is 2.56. The van der Waals surface area contributed by atoms with Gasteiger partial charge >= 0.3 is 0 Å². The van der Waals surface area contributed by atoms with Crippen molar-refractivity contribution in [2.24, 2.45) is 0 Å². The number of rotatable bonds is 5. The highest BCUT2D eigenvalue weighted by Gasteiger charge is 2.24. The molecule has 5 heteroatoms. The molecule has 0 spiro atoms. The van der Waals surface area contributed by atoms with E-state index in [1.54, 1.807) is 12.1 Å². The third-order valence-electron chi connectivity index (χ3n) is 3.82. The first-order chi connectivity index (χ1) is 9.13. The van der Waals surface area contributed by atoms with Crippen molar-refractivity contribution >= 4 is 11.4 Å². The van der Waals surface area contributed by atoms with Gasteiger partial charge in [-0.05, 0) is 25.3 Å². The maximum Gasteiger partial charge on any atom is 0.271 e. The minimum absolute atomic E-state index is 0.0681. The molecule has 0 unspecified atom stereocenters. The van der Waals surface area contributed by atoms with Crippen molar-refractivity contribution < 1.29 is 10.0 Å². The van der Waals surface area contributed by atoms with Crippen molar-refractivity contribution in [1.29, 1.82) is 0 Å². The van der Waals surface area contributed by atoms with Crippen LogP contribution in [0, 0.1) is 17.0 Å². The lowest BCUT2D eigenvalue weighted by Gasteiger charge is -2.31. The number of aliphatic hydroxyl groups excluding tert-OH is 1. The van der Waals surface area contributed by atoms with Crippen molar-refractivity contribution in [1.82, 2.24) is 0 Å². The van der Waals surface area contributed by atoms with E-state index in [-0.39, 0.29) is 17.2 Å². The average molecular weight is 264 g/mol. The predicted octanol–water partition coefficient (Wildman–Crippen LogP) is 2.64. The number of benzene rings is 1. The first kappa shape index (κ1) is 13.8. The summed E-state index contributed by atoms with van der Waals surface area (Å²) >= 11 is 0. The van der Waals surface area contributed by atoms with Gasteiger partial charge in [-0.1, -0.05) is 18.9 Å². The van der Waals surface area contributed by atoms with Crippen LogP contribution in [0.1, 0.15) is 31.2 Å². The predicted molar refractivity (Wildman–Crippen MR) is 74.5 cm³/mol. The Bertz CT molecular complexity index is 456. The molecule has 5 nitrogen and oxygen atoms in total. The molecule has 1 aromatic carbocycles. The number of nitrogens with zero attached hydrogens (tertiary/aromatic N) is 2. The number of nitro groups is 1. The second-order valence-electron chi connectivity index (χ2n) is 5.08. The van der Waals surface area contributed by atoms with Gasteiger partial charge in [0.05, 0.1) is 11.5 Å². The topological polar surface area (TPSA) is 66.6 Å². The number of hydrogen-bond donors (Lipinski definition) is 1. The van der Waals surface area contributed by atoms with Gasteiger partial charge in [-0.3, -0.25) is 10.1 Å². The van der Waals surface area contributed by atoms with Crippen LogP contribution >= 0.6 is 0 Å². The molecule has 2 rings (SSSR count). The molecule has 1 fully saturated rings. The van der Waals surface area contributed by atoms with E-state index in [1.165, 1.54) is 18.9 Å². The van der Waals surface area contributed by atoms with Crippen LogP contribution < -0.4 is 4.90 Å². The van der Waals surface area contributed by atoms with Crippen LogP contribution in [0.2, 0.25) is 0 Å². The highest BCUT2D eigenvalue weighted by Crippen LogP contribution is 2.32. The van der Waals surface area contributed by atoms with Crippen molar-refractivity contribution in [3.8, 4) is 0 Å². The van der Waals surface area contributed by atoms with Gasteiger partial charge in [0.25, 0.3) is 5.69 Å². The fourth-order valence-corrected chi connectivity index (χ4v) is 2.84. The third kappa shape index (κ3) is 3.04. The molecule has 1 N–H and O–H groups in total. The first-order valence-corrected chi connectivity index (χ1v) is 6.76. The normalized spacial score (nSPS) is 15.7. The van der Waals surface area contributed by atoms with Crippen molar-refractivity contribution in [2.75, 3.05) is 18.1 Å². The van der Waals surface area contributed by atoms with Crippen molar-refractivity contribution in [3.63, 3.8) is 0 Å². The van der Waals surface area contributed by atoms with Gasteiger partial charge in [-0.2, -0.15) is 0 Å². The summed E-state index contributed by atoms with van der Waals surface area (Å²) in [5.41, 5.74) is 2.02. The van der Waals surface area contributed by atoms with Gasteiger partial charge in [0.15, 0.2) is 0 Å². The quantitative estimate of drug-likeness (QED) is 0.656. The van der Waals surface area contributed by atoms with Gasteiger partial charge in [-0.25, -0.2) is 0 Å². The number of nitro benzene ring substituents is 1. The zero-order valence-electron chi connectivity index (χ0n) is 11.2. The van der Waals surface area contributed by atoms with Crippen LogP contribution in [0.4, 0.5) is 11.4 Å². The summed E-state index contributed by atoms with van der Waals surface area (Å²) in [6, 6.07) is 5.34. The zero-order chi connectivity index (χ0) is 13.8. The van der Waals surface area contributed by atoms with Crippen LogP contribution in [0.3, 0.4) is 0 Å². The Labute approximate surface area is 113 Å². The molecule has 0 amide bonds. The number of aliphatic hydroxyl groups is 1. The second-order valence-corrected chi connectivity index (χ2v) is 5.08. The van der Waals surface area contributed by atoms with Gasteiger partial charge in [-0.15, -0.1) is 0 Å². The first-order valence-electron chi connectivity index (χ1n) is 6.76. The van der Waals surface area contributed by atoms with Crippen LogP contribution in [0.15, 0.2) is 18.2 Å². The summed E-state index contributed by atoms with van der Waals surface area (Å²) in [7, 11) is 0. The Kier molecular flexibility index (Phi) is 4.37. The summed E-state index contributed by atoms with van der Waals surface area (Å²) in [5, 5.41) is 20.2. The summed E-state index contributed by atoms with van der Waals surface area (Å²) < 4.78 is 0. The fraction of sp³-hybridized carbons (Fsp3) is 0.571. The lowest BCUT2D eigenvalue weighted by atomic mass is 10.1. The van der Waals surface area contributed by atoms with Crippen LogP contribution in [-0.2, 0) is 0 Å². The Morgan fingerprint density at radius 1 is 1.42 bits per heavy atom. The average Bonchev–Trinajstić information content (AvgIpc) is 2.90. The summed E-state index contributed by atoms with van der Waals surface area (Å²) in [6.07, 6.45) is 4.59. The maximum atomic E-state index is 10.9.